The highest BCUT2D eigenvalue weighted by molar-refractivity contribution is 7.90. The summed E-state index contributed by atoms with van der Waals surface area (Å²) in [4.78, 5) is 17.0. The molecule has 1 atom stereocenters. The zero-order valence-electron chi connectivity index (χ0n) is 18.4. The van der Waals surface area contributed by atoms with Crippen LogP contribution in [0.3, 0.4) is 0 Å². The summed E-state index contributed by atoms with van der Waals surface area (Å²) in [6.45, 7) is 3.37. The van der Waals surface area contributed by atoms with Crippen LogP contribution in [0.4, 0.5) is 18.9 Å². The van der Waals surface area contributed by atoms with Crippen molar-refractivity contribution in [3.05, 3.63) is 53.1 Å². The number of benzene rings is 2. The Morgan fingerprint density at radius 3 is 2.33 bits per heavy atom. The number of ether oxygens (including phenoxy) is 1. The highest BCUT2D eigenvalue weighted by Gasteiger charge is 2.39. The summed E-state index contributed by atoms with van der Waals surface area (Å²) in [5.41, 5.74) is 2.80. The van der Waals surface area contributed by atoms with Gasteiger partial charge in [0.25, 0.3) is 5.91 Å². The van der Waals surface area contributed by atoms with Crippen molar-refractivity contribution in [2.24, 2.45) is 0 Å². The molecule has 2 aromatic rings. The van der Waals surface area contributed by atoms with E-state index in [2.05, 4.69) is 4.90 Å². The van der Waals surface area contributed by atoms with Gasteiger partial charge in [0, 0.05) is 38.1 Å². The summed E-state index contributed by atoms with van der Waals surface area (Å²) in [6.07, 6.45) is -3.55. The van der Waals surface area contributed by atoms with Gasteiger partial charge >= 0.3 is 6.18 Å². The smallest absolute Gasteiger partial charge is 0.425 e. The van der Waals surface area contributed by atoms with Gasteiger partial charge in [-0.15, -0.1) is 0 Å². The van der Waals surface area contributed by atoms with Crippen molar-refractivity contribution in [1.29, 1.82) is 0 Å². The minimum Gasteiger partial charge on any atom is -0.480 e. The topological polar surface area (TPSA) is 66.9 Å². The molecule has 1 fully saturated rings. The lowest BCUT2D eigenvalue weighted by atomic mass is 10.1. The maximum absolute atomic E-state index is 13.3. The van der Waals surface area contributed by atoms with Crippen LogP contribution >= 0.6 is 0 Å². The Morgan fingerprint density at radius 2 is 1.70 bits per heavy atom. The normalized spacial score (nSPS) is 17.2. The summed E-state index contributed by atoms with van der Waals surface area (Å²) >= 11 is 0. The molecule has 0 aromatic heterocycles. The van der Waals surface area contributed by atoms with E-state index >= 15 is 0 Å². The molecule has 2 heterocycles. The molecule has 0 bridgehead atoms. The van der Waals surface area contributed by atoms with E-state index in [9.17, 15) is 26.4 Å². The lowest BCUT2D eigenvalue weighted by Gasteiger charge is -2.22. The number of sulfone groups is 1. The molecule has 4 rings (SSSR count). The van der Waals surface area contributed by atoms with E-state index in [4.69, 9.17) is 4.74 Å². The van der Waals surface area contributed by atoms with Gasteiger partial charge in [-0.3, -0.25) is 4.79 Å². The van der Waals surface area contributed by atoms with Crippen molar-refractivity contribution < 1.29 is 31.1 Å². The van der Waals surface area contributed by atoms with E-state index in [1.807, 2.05) is 18.2 Å². The first-order valence-electron chi connectivity index (χ1n) is 10.7. The number of fused-ring (bicyclic) bond motifs is 1. The van der Waals surface area contributed by atoms with E-state index in [-0.39, 0.29) is 29.3 Å². The Hall–Kier alpha value is -2.75. The van der Waals surface area contributed by atoms with E-state index in [0.717, 1.165) is 74.1 Å². The summed E-state index contributed by atoms with van der Waals surface area (Å²) in [7, 11) is -3.68. The second-order valence-electron chi connectivity index (χ2n) is 8.54. The zero-order valence-corrected chi connectivity index (χ0v) is 19.2. The third-order valence-corrected chi connectivity index (χ3v) is 7.16. The van der Waals surface area contributed by atoms with Crippen LogP contribution < -0.4 is 9.64 Å². The number of carbonyl (C=O) groups excluding carboxylic acids is 1. The Kier molecular flexibility index (Phi) is 6.07. The number of alkyl halides is 3. The Labute approximate surface area is 190 Å². The maximum atomic E-state index is 13.3. The van der Waals surface area contributed by atoms with Gasteiger partial charge in [-0.25, -0.2) is 8.42 Å². The molecule has 0 N–H and O–H groups in total. The van der Waals surface area contributed by atoms with Gasteiger partial charge in [0.2, 0.25) is 0 Å². The number of hydrogen-bond donors (Lipinski definition) is 0. The van der Waals surface area contributed by atoms with Crippen LogP contribution in [-0.4, -0.2) is 50.9 Å². The number of rotatable bonds is 5. The van der Waals surface area contributed by atoms with Gasteiger partial charge < -0.3 is 14.5 Å². The second-order valence-corrected chi connectivity index (χ2v) is 10.6. The van der Waals surface area contributed by atoms with Crippen LogP contribution in [0.5, 0.6) is 5.75 Å². The van der Waals surface area contributed by atoms with Crippen LogP contribution in [0.1, 0.15) is 41.3 Å². The SMILES string of the molecule is CC(Oc1ccc(S(C)(=O)=O)cc1C(=O)N1Cc2ccc(N3CCCC3)cc2C1)C(F)(F)F. The first-order valence-corrected chi connectivity index (χ1v) is 12.6. The highest BCUT2D eigenvalue weighted by Crippen LogP contribution is 2.33. The van der Waals surface area contributed by atoms with Crippen LogP contribution in [-0.2, 0) is 22.9 Å². The number of amides is 1. The van der Waals surface area contributed by atoms with Crippen LogP contribution in [0.15, 0.2) is 41.3 Å². The van der Waals surface area contributed by atoms with Crippen molar-refractivity contribution in [3.8, 4) is 5.75 Å². The Bertz CT molecular complexity index is 1170. The lowest BCUT2D eigenvalue weighted by Crippen LogP contribution is -2.32. The van der Waals surface area contributed by atoms with Crippen molar-refractivity contribution in [2.75, 3.05) is 24.2 Å². The largest absolute Gasteiger partial charge is 0.480 e. The van der Waals surface area contributed by atoms with Gasteiger partial charge in [-0.05, 0) is 61.2 Å². The van der Waals surface area contributed by atoms with E-state index in [1.54, 1.807) is 0 Å². The first-order chi connectivity index (χ1) is 15.4. The molecule has 0 radical (unpaired) electrons. The van der Waals surface area contributed by atoms with E-state index in [0.29, 0.717) is 0 Å². The van der Waals surface area contributed by atoms with Crippen LogP contribution in [0, 0.1) is 0 Å². The minimum atomic E-state index is -4.63. The second kappa shape index (κ2) is 8.55. The number of carbonyl (C=O) groups is 1. The standard InChI is InChI=1S/C23H25F3N2O4S/c1-15(23(24,25)26)32-21-8-7-19(33(2,30)31)12-20(21)22(29)28-13-16-5-6-18(11-17(16)14-28)27-9-3-4-10-27/h5-8,11-12,15H,3-4,9-10,13-14H2,1-2H3. The predicted octanol–water partition coefficient (Wildman–Crippen LogP) is 4.18. The lowest BCUT2D eigenvalue weighted by molar-refractivity contribution is -0.189. The van der Waals surface area contributed by atoms with Gasteiger partial charge in [0.15, 0.2) is 15.9 Å². The first kappa shape index (κ1) is 23.4. The Morgan fingerprint density at radius 1 is 1.03 bits per heavy atom. The molecule has 178 valence electrons. The summed E-state index contributed by atoms with van der Waals surface area (Å²) in [5.74, 6) is -0.880. The molecular weight excluding hydrogens is 457 g/mol. The molecule has 1 unspecified atom stereocenters. The highest BCUT2D eigenvalue weighted by atomic mass is 32.2. The van der Waals surface area contributed by atoms with Crippen molar-refractivity contribution in [3.63, 3.8) is 0 Å². The van der Waals surface area contributed by atoms with E-state index < -0.39 is 28.0 Å². The van der Waals surface area contributed by atoms with Crippen LogP contribution in [0.2, 0.25) is 0 Å². The molecule has 1 amide bonds. The third-order valence-electron chi connectivity index (χ3n) is 6.04. The molecule has 1 saturated heterocycles. The predicted molar refractivity (Wildman–Crippen MR) is 117 cm³/mol. The van der Waals surface area contributed by atoms with Gasteiger partial charge in [0.1, 0.15) is 5.75 Å². The Balaban J connectivity index is 1.63. The maximum Gasteiger partial charge on any atom is 0.425 e. The van der Waals surface area contributed by atoms with Crippen LogP contribution in [0.25, 0.3) is 0 Å². The van der Waals surface area contributed by atoms with Crippen molar-refractivity contribution in [1.82, 2.24) is 4.90 Å². The zero-order chi connectivity index (χ0) is 24.0. The molecule has 10 heteroatoms. The number of anilines is 1. The number of halogens is 3. The molecule has 0 spiro atoms. The van der Waals surface area contributed by atoms with Crippen molar-refractivity contribution >= 4 is 21.4 Å². The summed E-state index contributed by atoms with van der Waals surface area (Å²) < 4.78 is 68.3. The summed E-state index contributed by atoms with van der Waals surface area (Å²) in [5, 5.41) is 0. The van der Waals surface area contributed by atoms with E-state index in [1.165, 1.54) is 4.90 Å². The molecule has 6 nitrogen and oxygen atoms in total. The average molecular weight is 483 g/mol. The third kappa shape index (κ3) is 4.95. The molecule has 33 heavy (non-hydrogen) atoms. The average Bonchev–Trinajstić information content (AvgIpc) is 3.41. The molecule has 2 aliphatic heterocycles. The van der Waals surface area contributed by atoms with Gasteiger partial charge in [-0.2, -0.15) is 13.2 Å². The molecule has 0 aliphatic carbocycles. The van der Waals surface area contributed by atoms with Gasteiger partial charge in [0.05, 0.1) is 10.5 Å². The number of hydrogen-bond acceptors (Lipinski definition) is 5. The molecule has 2 aliphatic rings. The van der Waals surface area contributed by atoms with Crippen molar-refractivity contribution in [2.45, 2.75) is 50.0 Å². The monoisotopic (exact) mass is 482 g/mol. The summed E-state index contributed by atoms with van der Waals surface area (Å²) in [6, 6.07) is 9.37. The number of nitrogens with zero attached hydrogens (tertiary/aromatic N) is 2. The fourth-order valence-corrected chi connectivity index (χ4v) is 4.78. The molecule has 0 saturated carbocycles. The molecular formula is C23H25F3N2O4S. The van der Waals surface area contributed by atoms with Gasteiger partial charge in [-0.1, -0.05) is 6.07 Å². The fourth-order valence-electron chi connectivity index (χ4n) is 4.13. The minimum absolute atomic E-state index is 0.161. The molecule has 2 aromatic carbocycles. The quantitative estimate of drug-likeness (QED) is 0.640. The fraction of sp³-hybridized carbons (Fsp3) is 0.435.